The zero-order chi connectivity index (χ0) is 22.2. The van der Waals surface area contributed by atoms with E-state index in [1.165, 1.54) is 6.07 Å². The summed E-state index contributed by atoms with van der Waals surface area (Å²) in [6.45, 7) is 2.77. The third-order valence-electron chi connectivity index (χ3n) is 5.93. The molecule has 2 atom stereocenters. The van der Waals surface area contributed by atoms with Crippen LogP contribution in [-0.4, -0.2) is 41.2 Å². The van der Waals surface area contributed by atoms with E-state index in [-0.39, 0.29) is 35.3 Å². The maximum absolute atomic E-state index is 13.2. The van der Waals surface area contributed by atoms with Crippen LogP contribution >= 0.6 is 0 Å². The Bertz CT molecular complexity index is 988. The Kier molecular flexibility index (Phi) is 5.81. The minimum Gasteiger partial charge on any atom is -0.490 e. The van der Waals surface area contributed by atoms with Gasteiger partial charge in [-0.1, -0.05) is 18.5 Å². The molecule has 1 saturated heterocycles. The van der Waals surface area contributed by atoms with Gasteiger partial charge in [0.05, 0.1) is 5.39 Å². The summed E-state index contributed by atoms with van der Waals surface area (Å²) in [5, 5.41) is 5.51. The van der Waals surface area contributed by atoms with Crippen LogP contribution in [0.1, 0.15) is 50.3 Å². The monoisotopic (exact) mass is 439 g/mol. The zero-order valence-corrected chi connectivity index (χ0v) is 17.1. The highest BCUT2D eigenvalue weighted by Crippen LogP contribution is 2.40. The fourth-order valence-corrected chi connectivity index (χ4v) is 4.43. The molecule has 1 aliphatic heterocycles. The number of nitrogens with zero attached hydrogens (tertiary/aromatic N) is 2. The maximum Gasteiger partial charge on any atom is 0.437 e. The summed E-state index contributed by atoms with van der Waals surface area (Å²) in [6.07, 6.45) is -0.723. The lowest BCUT2D eigenvalue weighted by Gasteiger charge is -2.31. The molecular formula is C21H24F3N3O4. The molecule has 2 fully saturated rings. The first-order valence-electron chi connectivity index (χ1n) is 10.5. The lowest BCUT2D eigenvalue weighted by atomic mass is 10.0. The van der Waals surface area contributed by atoms with E-state index in [2.05, 4.69) is 10.5 Å². The summed E-state index contributed by atoms with van der Waals surface area (Å²) in [6, 6.07) is 2.51. The number of halogens is 3. The summed E-state index contributed by atoms with van der Waals surface area (Å²) in [7, 11) is 0. The van der Waals surface area contributed by atoms with Crippen LogP contribution in [0, 0.1) is 5.92 Å². The third kappa shape index (κ3) is 4.33. The van der Waals surface area contributed by atoms with E-state index in [0.29, 0.717) is 37.2 Å². The molecule has 0 bridgehead atoms. The van der Waals surface area contributed by atoms with Gasteiger partial charge in [0.15, 0.2) is 11.3 Å². The molecule has 2 aliphatic rings. The van der Waals surface area contributed by atoms with Gasteiger partial charge >= 0.3 is 12.2 Å². The predicted molar refractivity (Wildman–Crippen MR) is 104 cm³/mol. The summed E-state index contributed by atoms with van der Waals surface area (Å²) in [5.74, 6) is 0.294. The SMILES string of the molecule is CCCc1c(OC2CCCC2CN2CCC(=O)NC2=O)ccc2c(C(F)(F)F)noc12. The second kappa shape index (κ2) is 8.39. The molecule has 1 saturated carbocycles. The number of alkyl halides is 3. The average Bonchev–Trinajstić information content (AvgIpc) is 3.32. The molecule has 3 amide bonds. The fraction of sp³-hybridized carbons (Fsp3) is 0.571. The van der Waals surface area contributed by atoms with Crippen molar-refractivity contribution in [2.24, 2.45) is 5.92 Å². The Labute approximate surface area is 176 Å². The third-order valence-corrected chi connectivity index (χ3v) is 5.93. The van der Waals surface area contributed by atoms with Crippen molar-refractivity contribution in [3.63, 3.8) is 0 Å². The van der Waals surface area contributed by atoms with Crippen molar-refractivity contribution in [3.05, 3.63) is 23.4 Å². The molecule has 1 aromatic heterocycles. The number of fused-ring (bicyclic) bond motifs is 1. The molecule has 0 radical (unpaired) electrons. The molecule has 2 heterocycles. The first-order valence-corrected chi connectivity index (χ1v) is 10.5. The lowest BCUT2D eigenvalue weighted by molar-refractivity contribution is -0.141. The first-order chi connectivity index (χ1) is 14.8. The number of hydrogen-bond acceptors (Lipinski definition) is 5. The van der Waals surface area contributed by atoms with Crippen LogP contribution in [0.2, 0.25) is 0 Å². The topological polar surface area (TPSA) is 84.7 Å². The van der Waals surface area contributed by atoms with Crippen molar-refractivity contribution in [3.8, 4) is 5.75 Å². The number of rotatable bonds is 6. The van der Waals surface area contributed by atoms with Crippen molar-refractivity contribution in [1.29, 1.82) is 0 Å². The van der Waals surface area contributed by atoms with Crippen molar-refractivity contribution in [2.45, 2.75) is 57.7 Å². The molecule has 10 heteroatoms. The number of urea groups is 1. The Morgan fingerprint density at radius 3 is 2.81 bits per heavy atom. The summed E-state index contributed by atoms with van der Waals surface area (Å²) in [4.78, 5) is 25.1. The van der Waals surface area contributed by atoms with Crippen molar-refractivity contribution < 1.29 is 32.0 Å². The van der Waals surface area contributed by atoms with E-state index in [9.17, 15) is 22.8 Å². The number of nitrogens with one attached hydrogen (secondary N) is 1. The molecule has 1 aliphatic carbocycles. The highest BCUT2D eigenvalue weighted by molar-refractivity contribution is 5.96. The number of benzene rings is 1. The van der Waals surface area contributed by atoms with Crippen molar-refractivity contribution >= 4 is 22.9 Å². The minimum atomic E-state index is -4.59. The van der Waals surface area contributed by atoms with Gasteiger partial charge in [0.1, 0.15) is 11.9 Å². The number of ether oxygens (including phenoxy) is 1. The normalized spacial score (nSPS) is 22.3. The summed E-state index contributed by atoms with van der Waals surface area (Å²) in [5.41, 5.74) is -0.346. The second-order valence-corrected chi connectivity index (χ2v) is 8.09. The molecule has 1 N–H and O–H groups in total. The first kappa shape index (κ1) is 21.5. The van der Waals surface area contributed by atoms with Crippen LogP contribution in [0.3, 0.4) is 0 Å². The Hall–Kier alpha value is -2.78. The molecule has 7 nitrogen and oxygen atoms in total. The molecule has 168 valence electrons. The standard InChI is InChI=1S/C21H24F3N3O4/c1-2-4-13-16(8-7-14-18(13)31-26-19(14)21(22,23)24)30-15-6-3-5-12(15)11-27-10-9-17(28)25-20(27)29/h7-8,12,15H,2-6,9-11H2,1H3,(H,25,28,29). The molecule has 31 heavy (non-hydrogen) atoms. The zero-order valence-electron chi connectivity index (χ0n) is 17.1. The molecule has 2 unspecified atom stereocenters. The van der Waals surface area contributed by atoms with Gasteiger partial charge in [-0.3, -0.25) is 10.1 Å². The Morgan fingerprint density at radius 2 is 2.10 bits per heavy atom. The summed E-state index contributed by atoms with van der Waals surface area (Å²) >= 11 is 0. The van der Waals surface area contributed by atoms with Crippen LogP contribution < -0.4 is 10.1 Å². The number of amides is 3. The van der Waals surface area contributed by atoms with Gasteiger partial charge in [-0.15, -0.1) is 0 Å². The van der Waals surface area contributed by atoms with E-state index in [4.69, 9.17) is 9.26 Å². The van der Waals surface area contributed by atoms with Crippen LogP contribution in [0.4, 0.5) is 18.0 Å². The lowest BCUT2D eigenvalue weighted by Crippen LogP contribution is -2.51. The number of hydrogen-bond donors (Lipinski definition) is 1. The highest BCUT2D eigenvalue weighted by atomic mass is 19.4. The molecule has 1 aromatic carbocycles. The predicted octanol–water partition coefficient (Wildman–Crippen LogP) is 4.29. The second-order valence-electron chi connectivity index (χ2n) is 8.09. The number of carbonyl (C=O) groups is 2. The molecule has 0 spiro atoms. The van der Waals surface area contributed by atoms with E-state index in [1.54, 1.807) is 11.0 Å². The van der Waals surface area contributed by atoms with E-state index < -0.39 is 17.9 Å². The number of aryl methyl sites for hydroxylation is 1. The smallest absolute Gasteiger partial charge is 0.437 e. The van der Waals surface area contributed by atoms with Gasteiger partial charge in [0.2, 0.25) is 5.91 Å². The van der Waals surface area contributed by atoms with Crippen molar-refractivity contribution in [2.75, 3.05) is 13.1 Å². The average molecular weight is 439 g/mol. The van der Waals surface area contributed by atoms with Crippen LogP contribution in [-0.2, 0) is 17.4 Å². The van der Waals surface area contributed by atoms with Gasteiger partial charge in [-0.05, 0) is 37.8 Å². The quantitative estimate of drug-likeness (QED) is 0.726. The maximum atomic E-state index is 13.2. The Morgan fingerprint density at radius 1 is 1.29 bits per heavy atom. The van der Waals surface area contributed by atoms with Gasteiger partial charge in [-0.25, -0.2) is 4.79 Å². The van der Waals surface area contributed by atoms with Crippen LogP contribution in [0.5, 0.6) is 5.75 Å². The van der Waals surface area contributed by atoms with Gasteiger partial charge in [0.25, 0.3) is 0 Å². The molecular weight excluding hydrogens is 415 g/mol. The fourth-order valence-electron chi connectivity index (χ4n) is 4.43. The highest BCUT2D eigenvalue weighted by Gasteiger charge is 2.38. The number of aromatic nitrogens is 1. The molecule has 4 rings (SSSR count). The van der Waals surface area contributed by atoms with E-state index in [0.717, 1.165) is 19.3 Å². The van der Waals surface area contributed by atoms with Gasteiger partial charge < -0.3 is 14.2 Å². The van der Waals surface area contributed by atoms with Gasteiger partial charge in [0, 0.05) is 31.0 Å². The largest absolute Gasteiger partial charge is 0.490 e. The molecule has 2 aromatic rings. The van der Waals surface area contributed by atoms with Crippen LogP contribution in [0.15, 0.2) is 16.7 Å². The van der Waals surface area contributed by atoms with E-state index >= 15 is 0 Å². The summed E-state index contributed by atoms with van der Waals surface area (Å²) < 4.78 is 51.0. The van der Waals surface area contributed by atoms with E-state index in [1.807, 2.05) is 6.92 Å². The van der Waals surface area contributed by atoms with Crippen molar-refractivity contribution in [1.82, 2.24) is 15.4 Å². The Balaban J connectivity index is 1.56. The minimum absolute atomic E-state index is 0.0686. The van der Waals surface area contributed by atoms with Crippen LogP contribution in [0.25, 0.3) is 11.0 Å². The number of imide groups is 1. The van der Waals surface area contributed by atoms with Gasteiger partial charge in [-0.2, -0.15) is 13.2 Å². The number of carbonyl (C=O) groups excluding carboxylic acids is 2.